The van der Waals surface area contributed by atoms with E-state index in [1.165, 1.54) is 62.7 Å². The molecule has 0 amide bonds. The van der Waals surface area contributed by atoms with Crippen LogP contribution in [0.3, 0.4) is 0 Å². The van der Waals surface area contributed by atoms with Crippen LogP contribution in [0.1, 0.15) is 49.3 Å². The molecule has 1 heterocycles. The molecule has 1 unspecified atom stereocenters. The summed E-state index contributed by atoms with van der Waals surface area (Å²) in [5, 5.41) is 0. The fraction of sp³-hybridized carbons (Fsp3) is 0.429. The lowest BCUT2D eigenvalue weighted by Crippen LogP contribution is -2.34. The van der Waals surface area contributed by atoms with Crippen LogP contribution < -0.4 is 0 Å². The van der Waals surface area contributed by atoms with Gasteiger partial charge < -0.3 is 0 Å². The molecule has 0 N–H and O–H groups in total. The highest BCUT2D eigenvalue weighted by molar-refractivity contribution is 5.19. The zero-order valence-corrected chi connectivity index (χ0v) is 13.5. The first kappa shape index (κ1) is 15.3. The van der Waals surface area contributed by atoms with E-state index in [1.807, 2.05) is 0 Å². The van der Waals surface area contributed by atoms with E-state index in [9.17, 15) is 0 Å². The van der Waals surface area contributed by atoms with Crippen LogP contribution in [-0.4, -0.2) is 18.0 Å². The van der Waals surface area contributed by atoms with Gasteiger partial charge in [0.15, 0.2) is 0 Å². The third-order valence-corrected chi connectivity index (χ3v) is 4.80. The SMILES string of the molecule is c1ccc(CCCCN2CCCCC2c2ccccc2)cc1. The molecule has 3 rings (SSSR count). The zero-order chi connectivity index (χ0) is 15.0. The molecule has 1 atom stereocenters. The Balaban J connectivity index is 1.49. The van der Waals surface area contributed by atoms with E-state index in [2.05, 4.69) is 65.6 Å². The van der Waals surface area contributed by atoms with Gasteiger partial charge in [0.1, 0.15) is 0 Å². The van der Waals surface area contributed by atoms with Crippen molar-refractivity contribution in [3.63, 3.8) is 0 Å². The van der Waals surface area contributed by atoms with Crippen LogP contribution in [0.4, 0.5) is 0 Å². The Bertz CT molecular complexity index is 534. The first-order chi connectivity index (χ1) is 10.9. The molecular weight excluding hydrogens is 266 g/mol. The summed E-state index contributed by atoms with van der Waals surface area (Å²) in [6.45, 7) is 2.51. The third kappa shape index (κ3) is 4.20. The minimum atomic E-state index is 0.645. The lowest BCUT2D eigenvalue weighted by molar-refractivity contribution is 0.146. The Morgan fingerprint density at radius 3 is 2.32 bits per heavy atom. The summed E-state index contributed by atoms with van der Waals surface area (Å²) >= 11 is 0. The number of benzene rings is 2. The van der Waals surface area contributed by atoms with Gasteiger partial charge in [0, 0.05) is 6.04 Å². The zero-order valence-electron chi connectivity index (χ0n) is 13.5. The van der Waals surface area contributed by atoms with Gasteiger partial charge in [-0.2, -0.15) is 0 Å². The van der Waals surface area contributed by atoms with E-state index in [0.29, 0.717) is 6.04 Å². The largest absolute Gasteiger partial charge is 0.296 e. The van der Waals surface area contributed by atoms with Crippen LogP contribution in [-0.2, 0) is 6.42 Å². The minimum Gasteiger partial charge on any atom is -0.296 e. The van der Waals surface area contributed by atoms with Gasteiger partial charge in [-0.15, -0.1) is 0 Å². The molecule has 0 aliphatic carbocycles. The first-order valence-electron chi connectivity index (χ1n) is 8.76. The van der Waals surface area contributed by atoms with Crippen molar-refractivity contribution in [3.8, 4) is 0 Å². The molecule has 1 heteroatoms. The quantitative estimate of drug-likeness (QED) is 0.659. The number of likely N-dealkylation sites (tertiary alicyclic amines) is 1. The van der Waals surface area contributed by atoms with E-state index in [0.717, 1.165) is 0 Å². The number of aryl methyl sites for hydroxylation is 1. The Morgan fingerprint density at radius 2 is 1.55 bits per heavy atom. The highest BCUT2D eigenvalue weighted by Crippen LogP contribution is 2.30. The van der Waals surface area contributed by atoms with Crippen molar-refractivity contribution in [1.29, 1.82) is 0 Å². The van der Waals surface area contributed by atoms with Crippen molar-refractivity contribution in [2.24, 2.45) is 0 Å². The molecular formula is C21H27N. The molecule has 22 heavy (non-hydrogen) atoms. The summed E-state index contributed by atoms with van der Waals surface area (Å²) < 4.78 is 0. The second kappa shape index (κ2) is 8.14. The molecule has 1 fully saturated rings. The number of nitrogens with zero attached hydrogens (tertiary/aromatic N) is 1. The predicted octanol–water partition coefficient (Wildman–Crippen LogP) is 5.24. The van der Waals surface area contributed by atoms with Gasteiger partial charge in [-0.25, -0.2) is 0 Å². The summed E-state index contributed by atoms with van der Waals surface area (Å²) in [5.74, 6) is 0. The smallest absolute Gasteiger partial charge is 0.0348 e. The fourth-order valence-electron chi connectivity index (χ4n) is 3.60. The summed E-state index contributed by atoms with van der Waals surface area (Å²) in [7, 11) is 0. The molecule has 1 nitrogen and oxygen atoms in total. The van der Waals surface area contributed by atoms with E-state index in [1.54, 1.807) is 0 Å². The van der Waals surface area contributed by atoms with E-state index in [4.69, 9.17) is 0 Å². The van der Waals surface area contributed by atoms with Crippen molar-refractivity contribution in [2.75, 3.05) is 13.1 Å². The van der Waals surface area contributed by atoms with Gasteiger partial charge in [0.05, 0.1) is 0 Å². The monoisotopic (exact) mass is 293 g/mol. The third-order valence-electron chi connectivity index (χ3n) is 4.80. The van der Waals surface area contributed by atoms with Crippen LogP contribution in [0.15, 0.2) is 60.7 Å². The lowest BCUT2D eigenvalue weighted by atomic mass is 9.95. The molecule has 1 saturated heterocycles. The number of unbranched alkanes of at least 4 members (excludes halogenated alkanes) is 1. The van der Waals surface area contributed by atoms with Gasteiger partial charge in [0.2, 0.25) is 0 Å². The second-order valence-electron chi connectivity index (χ2n) is 6.40. The van der Waals surface area contributed by atoms with Crippen molar-refractivity contribution >= 4 is 0 Å². The minimum absolute atomic E-state index is 0.645. The second-order valence-corrected chi connectivity index (χ2v) is 6.40. The summed E-state index contributed by atoms with van der Waals surface area (Å²) in [4.78, 5) is 2.71. The molecule has 1 aliphatic heterocycles. The molecule has 2 aromatic rings. The van der Waals surface area contributed by atoms with Crippen LogP contribution in [0.2, 0.25) is 0 Å². The van der Waals surface area contributed by atoms with Crippen molar-refractivity contribution in [1.82, 2.24) is 4.90 Å². The van der Waals surface area contributed by atoms with E-state index >= 15 is 0 Å². The van der Waals surface area contributed by atoms with Crippen molar-refractivity contribution in [2.45, 2.75) is 44.6 Å². The normalized spacial score (nSPS) is 19.2. The molecule has 2 aromatic carbocycles. The van der Waals surface area contributed by atoms with Gasteiger partial charge in [-0.3, -0.25) is 4.90 Å². The molecule has 0 bridgehead atoms. The maximum atomic E-state index is 2.71. The molecule has 116 valence electrons. The summed E-state index contributed by atoms with van der Waals surface area (Å²) in [5.41, 5.74) is 2.98. The highest BCUT2D eigenvalue weighted by atomic mass is 15.2. The Kier molecular flexibility index (Phi) is 5.66. The lowest BCUT2D eigenvalue weighted by Gasteiger charge is -2.36. The average Bonchev–Trinajstić information content (AvgIpc) is 2.61. The van der Waals surface area contributed by atoms with E-state index < -0.39 is 0 Å². The molecule has 0 spiro atoms. The molecule has 0 aromatic heterocycles. The van der Waals surface area contributed by atoms with Crippen LogP contribution in [0.5, 0.6) is 0 Å². The fourth-order valence-corrected chi connectivity index (χ4v) is 3.60. The van der Waals surface area contributed by atoms with Gasteiger partial charge in [-0.1, -0.05) is 67.1 Å². The van der Waals surface area contributed by atoms with Gasteiger partial charge in [-0.05, 0) is 56.3 Å². The summed E-state index contributed by atoms with van der Waals surface area (Å²) in [6.07, 6.45) is 7.87. The Morgan fingerprint density at radius 1 is 0.818 bits per heavy atom. The number of hydrogen-bond donors (Lipinski definition) is 0. The van der Waals surface area contributed by atoms with Crippen molar-refractivity contribution < 1.29 is 0 Å². The Labute approximate surface area is 135 Å². The first-order valence-corrected chi connectivity index (χ1v) is 8.76. The average molecular weight is 293 g/mol. The highest BCUT2D eigenvalue weighted by Gasteiger charge is 2.22. The topological polar surface area (TPSA) is 3.24 Å². The summed E-state index contributed by atoms with van der Waals surface area (Å²) in [6, 6.07) is 22.6. The van der Waals surface area contributed by atoms with Gasteiger partial charge in [0.25, 0.3) is 0 Å². The molecule has 0 saturated carbocycles. The van der Waals surface area contributed by atoms with Crippen LogP contribution in [0.25, 0.3) is 0 Å². The maximum Gasteiger partial charge on any atom is 0.0348 e. The van der Waals surface area contributed by atoms with Crippen LogP contribution >= 0.6 is 0 Å². The predicted molar refractivity (Wildman–Crippen MR) is 94.0 cm³/mol. The number of hydrogen-bond acceptors (Lipinski definition) is 1. The standard InChI is InChI=1S/C21H27N/c1-3-11-19(12-4-1)13-7-9-17-22-18-10-8-16-21(22)20-14-5-2-6-15-20/h1-6,11-12,14-15,21H,7-10,13,16-18H2. The molecule has 1 aliphatic rings. The van der Waals surface area contributed by atoms with Crippen molar-refractivity contribution in [3.05, 3.63) is 71.8 Å². The van der Waals surface area contributed by atoms with Crippen LogP contribution in [0, 0.1) is 0 Å². The maximum absolute atomic E-state index is 2.71. The van der Waals surface area contributed by atoms with E-state index in [-0.39, 0.29) is 0 Å². The Hall–Kier alpha value is -1.60. The number of rotatable bonds is 6. The van der Waals surface area contributed by atoms with Gasteiger partial charge >= 0.3 is 0 Å². The molecule has 0 radical (unpaired) electrons. The number of piperidine rings is 1.